The second kappa shape index (κ2) is 6.85. The molecular weight excluding hydrogens is 337 g/mol. The van der Waals surface area contributed by atoms with Gasteiger partial charge < -0.3 is 10.1 Å². The van der Waals surface area contributed by atoms with Gasteiger partial charge in [0.15, 0.2) is 4.34 Å². The Balaban J connectivity index is 1.98. The molecule has 0 saturated heterocycles. The van der Waals surface area contributed by atoms with Gasteiger partial charge >= 0.3 is 6.36 Å². The van der Waals surface area contributed by atoms with Crippen LogP contribution in [0.15, 0.2) is 28.6 Å². The maximum Gasteiger partial charge on any atom is 0.573 e. The zero-order valence-electron chi connectivity index (χ0n) is 11.1. The molecule has 0 aliphatic carbocycles. The number of rotatable bonds is 5. The molecule has 0 saturated carbocycles. The summed E-state index contributed by atoms with van der Waals surface area (Å²) in [6, 6.07) is 7.35. The molecule has 0 aliphatic heterocycles. The van der Waals surface area contributed by atoms with E-state index in [1.165, 1.54) is 47.4 Å². The van der Waals surface area contributed by atoms with Gasteiger partial charge in [-0.25, -0.2) is 0 Å². The summed E-state index contributed by atoms with van der Waals surface area (Å²) < 4.78 is 40.5. The summed E-state index contributed by atoms with van der Waals surface area (Å²) in [5.74, 6) is -0.297. The van der Waals surface area contributed by atoms with Gasteiger partial charge in [0, 0.05) is 5.69 Å². The minimum absolute atomic E-state index is 0.236. The maximum atomic E-state index is 12.0. The quantitative estimate of drug-likeness (QED) is 0.819. The summed E-state index contributed by atoms with van der Waals surface area (Å²) in [4.78, 5) is 0. The van der Waals surface area contributed by atoms with Crippen molar-refractivity contribution in [2.75, 3.05) is 5.32 Å². The van der Waals surface area contributed by atoms with Crippen LogP contribution in [0.2, 0.25) is 0 Å². The molecule has 1 aromatic heterocycles. The van der Waals surface area contributed by atoms with Crippen molar-refractivity contribution in [3.63, 3.8) is 0 Å². The number of nitrogens with zero attached hydrogens (tertiary/aromatic N) is 3. The van der Waals surface area contributed by atoms with Crippen LogP contribution < -0.4 is 10.1 Å². The van der Waals surface area contributed by atoms with Crippen LogP contribution in [0.3, 0.4) is 0 Å². The minimum atomic E-state index is -4.71. The van der Waals surface area contributed by atoms with E-state index in [0.717, 1.165) is 0 Å². The van der Waals surface area contributed by atoms with Gasteiger partial charge in [0.2, 0.25) is 5.13 Å². The number of nitrogens with one attached hydrogen (secondary N) is 1. The molecule has 2 rings (SSSR count). The van der Waals surface area contributed by atoms with Gasteiger partial charge in [-0.15, -0.1) is 23.4 Å². The van der Waals surface area contributed by atoms with Crippen molar-refractivity contribution < 1.29 is 17.9 Å². The van der Waals surface area contributed by atoms with Crippen molar-refractivity contribution in [1.29, 1.82) is 5.26 Å². The van der Waals surface area contributed by atoms with Crippen molar-refractivity contribution >= 4 is 33.9 Å². The molecule has 10 heteroatoms. The molecule has 5 nitrogen and oxygen atoms in total. The Labute approximate surface area is 132 Å². The number of hydrogen-bond donors (Lipinski definition) is 1. The number of nitriles is 1. The highest BCUT2D eigenvalue weighted by molar-refractivity contribution is 8.01. The van der Waals surface area contributed by atoms with Crippen molar-refractivity contribution in [3.05, 3.63) is 24.3 Å². The topological polar surface area (TPSA) is 70.8 Å². The Morgan fingerprint density at radius 2 is 2.00 bits per heavy atom. The van der Waals surface area contributed by atoms with E-state index in [0.29, 0.717) is 15.2 Å². The first-order valence-electron chi connectivity index (χ1n) is 5.88. The monoisotopic (exact) mass is 346 g/mol. The van der Waals surface area contributed by atoms with Crippen LogP contribution in [0.4, 0.5) is 24.0 Å². The van der Waals surface area contributed by atoms with Crippen LogP contribution >= 0.6 is 23.1 Å². The Bertz CT molecular complexity index is 666. The Morgan fingerprint density at radius 1 is 1.32 bits per heavy atom. The molecule has 1 N–H and O–H groups in total. The summed E-state index contributed by atoms with van der Waals surface area (Å²) in [6.45, 7) is 1.75. The highest BCUT2D eigenvalue weighted by atomic mass is 32.2. The molecule has 0 bridgehead atoms. The first-order valence-corrected chi connectivity index (χ1v) is 7.58. The SMILES string of the molecule is C[C@H](C#N)Sc1nnc(Nc2ccc(OC(F)(F)F)cc2)s1. The molecule has 1 atom stereocenters. The molecule has 1 heterocycles. The van der Waals surface area contributed by atoms with Gasteiger partial charge in [0.1, 0.15) is 5.75 Å². The normalized spacial score (nSPS) is 12.5. The van der Waals surface area contributed by atoms with E-state index >= 15 is 0 Å². The Kier molecular flexibility index (Phi) is 5.10. The number of alkyl halides is 3. The van der Waals surface area contributed by atoms with Gasteiger partial charge in [-0.3, -0.25) is 0 Å². The first kappa shape index (κ1) is 16.4. The molecule has 0 fully saturated rings. The van der Waals surface area contributed by atoms with Gasteiger partial charge in [-0.1, -0.05) is 23.1 Å². The number of aromatic nitrogens is 2. The third-order valence-electron chi connectivity index (χ3n) is 2.21. The molecule has 0 unspecified atom stereocenters. The Hall–Kier alpha value is -1.99. The summed E-state index contributed by atoms with van der Waals surface area (Å²) in [5.41, 5.74) is 0.551. The van der Waals surface area contributed by atoms with Crippen LogP contribution in [0.25, 0.3) is 0 Å². The second-order valence-corrected chi connectivity index (χ2v) is 6.52. The van der Waals surface area contributed by atoms with Crippen molar-refractivity contribution in [2.24, 2.45) is 0 Å². The predicted molar refractivity (Wildman–Crippen MR) is 77.2 cm³/mol. The number of ether oxygens (including phenoxy) is 1. The third-order valence-corrected chi connectivity index (χ3v) is 4.12. The van der Waals surface area contributed by atoms with E-state index in [9.17, 15) is 13.2 Å². The molecule has 22 heavy (non-hydrogen) atoms. The summed E-state index contributed by atoms with van der Waals surface area (Å²) in [7, 11) is 0. The summed E-state index contributed by atoms with van der Waals surface area (Å²) in [5, 5.41) is 19.7. The number of anilines is 2. The average Bonchev–Trinajstić information content (AvgIpc) is 2.86. The lowest BCUT2D eigenvalue weighted by Crippen LogP contribution is -2.16. The zero-order chi connectivity index (χ0) is 16.2. The standard InChI is InChI=1S/C12H9F3N4OS2/c1-7(6-16)21-11-19-18-10(22-11)17-8-2-4-9(5-3-8)20-12(13,14)15/h2-5,7H,1H3,(H,17,18)/t7-/m1/s1. The predicted octanol–water partition coefficient (Wildman–Crippen LogP) is 4.18. The van der Waals surface area contributed by atoms with Gasteiger partial charge in [-0.2, -0.15) is 5.26 Å². The Morgan fingerprint density at radius 3 is 2.59 bits per heavy atom. The molecule has 0 spiro atoms. The second-order valence-electron chi connectivity index (χ2n) is 3.96. The fraction of sp³-hybridized carbons (Fsp3) is 0.250. The number of thioether (sulfide) groups is 1. The van der Waals surface area contributed by atoms with Gasteiger partial charge in [0.25, 0.3) is 0 Å². The van der Waals surface area contributed by atoms with Crippen LogP contribution in [0.1, 0.15) is 6.92 Å². The van der Waals surface area contributed by atoms with Crippen LogP contribution in [-0.2, 0) is 0 Å². The van der Waals surface area contributed by atoms with E-state index in [-0.39, 0.29) is 11.0 Å². The van der Waals surface area contributed by atoms with Crippen LogP contribution in [0, 0.1) is 11.3 Å². The van der Waals surface area contributed by atoms with E-state index in [1.54, 1.807) is 6.92 Å². The fourth-order valence-electron chi connectivity index (χ4n) is 1.35. The number of halogens is 3. The lowest BCUT2D eigenvalue weighted by atomic mass is 10.3. The average molecular weight is 346 g/mol. The molecule has 0 amide bonds. The van der Waals surface area contributed by atoms with Gasteiger partial charge in [-0.05, 0) is 31.2 Å². The molecule has 2 aromatic rings. The lowest BCUT2D eigenvalue weighted by molar-refractivity contribution is -0.274. The zero-order valence-corrected chi connectivity index (χ0v) is 12.7. The molecule has 116 valence electrons. The highest BCUT2D eigenvalue weighted by Gasteiger charge is 2.30. The maximum absolute atomic E-state index is 12.0. The van der Waals surface area contributed by atoms with Crippen LogP contribution in [0.5, 0.6) is 5.75 Å². The third kappa shape index (κ3) is 5.09. The lowest BCUT2D eigenvalue weighted by Gasteiger charge is -2.09. The number of benzene rings is 1. The highest BCUT2D eigenvalue weighted by Crippen LogP contribution is 2.31. The largest absolute Gasteiger partial charge is 0.573 e. The summed E-state index contributed by atoms with van der Waals surface area (Å²) >= 11 is 2.54. The van der Waals surface area contributed by atoms with Gasteiger partial charge in [0.05, 0.1) is 11.3 Å². The van der Waals surface area contributed by atoms with E-state index < -0.39 is 6.36 Å². The molecular formula is C12H9F3N4OS2. The molecule has 0 radical (unpaired) electrons. The first-order chi connectivity index (χ1) is 10.4. The number of hydrogen-bond acceptors (Lipinski definition) is 7. The van der Waals surface area contributed by atoms with E-state index in [2.05, 4.69) is 26.3 Å². The van der Waals surface area contributed by atoms with Crippen molar-refractivity contribution in [1.82, 2.24) is 10.2 Å². The molecule has 1 aromatic carbocycles. The molecule has 0 aliphatic rings. The fourth-order valence-corrected chi connectivity index (χ4v) is 3.15. The van der Waals surface area contributed by atoms with Crippen molar-refractivity contribution in [3.8, 4) is 11.8 Å². The smallest absolute Gasteiger partial charge is 0.406 e. The van der Waals surface area contributed by atoms with E-state index in [1.807, 2.05) is 0 Å². The van der Waals surface area contributed by atoms with Crippen LogP contribution in [-0.4, -0.2) is 21.8 Å². The van der Waals surface area contributed by atoms with Crippen molar-refractivity contribution in [2.45, 2.75) is 22.9 Å². The van der Waals surface area contributed by atoms with E-state index in [4.69, 9.17) is 5.26 Å². The minimum Gasteiger partial charge on any atom is -0.406 e. The summed E-state index contributed by atoms with van der Waals surface area (Å²) in [6.07, 6.45) is -4.71.